The summed E-state index contributed by atoms with van der Waals surface area (Å²) in [5, 5.41) is 18.3. The Balaban J connectivity index is 1.72. The van der Waals surface area contributed by atoms with Gasteiger partial charge in [-0.15, -0.1) is 0 Å². The molecule has 2 amide bonds. The molecule has 4 rings (SSSR count). The number of aromatic nitrogens is 2. The van der Waals surface area contributed by atoms with Gasteiger partial charge in [-0.2, -0.15) is 10.4 Å². The summed E-state index contributed by atoms with van der Waals surface area (Å²) >= 11 is 0. The average molecular weight is 619 g/mol. The second kappa shape index (κ2) is 13.7. The lowest BCUT2D eigenvalue weighted by Crippen LogP contribution is -2.46. The summed E-state index contributed by atoms with van der Waals surface area (Å²) in [6.45, 7) is 16.5. The molecule has 11 nitrogen and oxygen atoms in total. The molecule has 45 heavy (non-hydrogen) atoms. The monoisotopic (exact) mass is 618 g/mol. The molecule has 0 bridgehead atoms. The molecule has 242 valence electrons. The fourth-order valence-corrected chi connectivity index (χ4v) is 5.55. The molecule has 1 aliphatic heterocycles. The first-order valence-electron chi connectivity index (χ1n) is 15.6. The quantitative estimate of drug-likeness (QED) is 0.274. The number of rotatable bonds is 8. The third kappa shape index (κ3) is 7.98. The van der Waals surface area contributed by atoms with Gasteiger partial charge in [0.25, 0.3) is 0 Å². The van der Waals surface area contributed by atoms with Crippen LogP contribution in [-0.4, -0.2) is 63.6 Å². The molecule has 2 aromatic heterocycles. The van der Waals surface area contributed by atoms with E-state index in [1.54, 1.807) is 41.0 Å². The smallest absolute Gasteiger partial charge is 0.420 e. The average Bonchev–Trinajstić information content (AvgIpc) is 3.43. The molecule has 1 fully saturated rings. The van der Waals surface area contributed by atoms with Crippen molar-refractivity contribution in [2.24, 2.45) is 0 Å². The zero-order valence-corrected chi connectivity index (χ0v) is 27.8. The number of anilines is 3. The molecule has 0 saturated carbocycles. The normalized spacial score (nSPS) is 15.4. The molecule has 3 aromatic rings. The molecular formula is C34H46N6O5. The Morgan fingerprint density at radius 1 is 1.07 bits per heavy atom. The third-order valence-corrected chi connectivity index (χ3v) is 7.40. The van der Waals surface area contributed by atoms with Crippen molar-refractivity contribution < 1.29 is 23.8 Å². The number of hydrogen-bond acceptors (Lipinski definition) is 8. The number of benzene rings is 1. The number of carbonyl (C=O) groups is 2. The van der Waals surface area contributed by atoms with Gasteiger partial charge in [0, 0.05) is 24.7 Å². The summed E-state index contributed by atoms with van der Waals surface area (Å²) < 4.78 is 18.8. The van der Waals surface area contributed by atoms with Gasteiger partial charge in [-0.1, -0.05) is 0 Å². The number of ether oxygens (including phenoxy) is 3. The molecule has 1 aromatic carbocycles. The Kier molecular flexibility index (Phi) is 10.2. The van der Waals surface area contributed by atoms with Crippen LogP contribution in [0.3, 0.4) is 0 Å². The van der Waals surface area contributed by atoms with Gasteiger partial charge in [0.1, 0.15) is 34.4 Å². The maximum Gasteiger partial charge on any atom is 0.420 e. The summed E-state index contributed by atoms with van der Waals surface area (Å²) in [6, 6.07) is 11.3. The van der Waals surface area contributed by atoms with Crippen LogP contribution in [0.25, 0.3) is 5.52 Å². The van der Waals surface area contributed by atoms with Crippen molar-refractivity contribution in [1.82, 2.24) is 14.5 Å². The summed E-state index contributed by atoms with van der Waals surface area (Å²) in [5.41, 5.74) is 1.43. The number of nitriles is 1. The highest BCUT2D eigenvalue weighted by Gasteiger charge is 2.32. The first-order valence-corrected chi connectivity index (χ1v) is 15.6. The Morgan fingerprint density at radius 2 is 1.76 bits per heavy atom. The van der Waals surface area contributed by atoms with Crippen LogP contribution < -0.4 is 15.0 Å². The van der Waals surface area contributed by atoms with E-state index in [1.165, 1.54) is 4.90 Å². The van der Waals surface area contributed by atoms with Crippen molar-refractivity contribution >= 4 is 34.9 Å². The van der Waals surface area contributed by atoms with E-state index in [9.17, 15) is 14.9 Å². The van der Waals surface area contributed by atoms with Gasteiger partial charge >= 0.3 is 12.2 Å². The number of carbonyl (C=O) groups excluding carboxylic acids is 2. The van der Waals surface area contributed by atoms with Gasteiger partial charge in [-0.05, 0) is 111 Å². The predicted molar refractivity (Wildman–Crippen MR) is 174 cm³/mol. The van der Waals surface area contributed by atoms with E-state index in [4.69, 9.17) is 14.2 Å². The van der Waals surface area contributed by atoms with E-state index < -0.39 is 17.3 Å². The Morgan fingerprint density at radius 3 is 2.38 bits per heavy atom. The number of amides is 2. The molecule has 1 aliphatic rings. The molecule has 1 saturated heterocycles. The van der Waals surface area contributed by atoms with Crippen LogP contribution in [0.5, 0.6) is 5.75 Å². The Hall–Kier alpha value is -4.46. The molecule has 1 atom stereocenters. The predicted octanol–water partition coefficient (Wildman–Crippen LogP) is 7.58. The minimum Gasteiger partial charge on any atom is -0.494 e. The number of likely N-dealkylation sites (tertiary alicyclic amines) is 1. The van der Waals surface area contributed by atoms with Crippen molar-refractivity contribution in [2.45, 2.75) is 98.3 Å². The van der Waals surface area contributed by atoms with E-state index in [0.717, 1.165) is 19.3 Å². The van der Waals surface area contributed by atoms with Crippen LogP contribution in [0, 0.1) is 18.3 Å². The Bertz CT molecular complexity index is 1540. The van der Waals surface area contributed by atoms with Gasteiger partial charge in [0.2, 0.25) is 0 Å². The molecule has 1 N–H and O–H groups in total. The van der Waals surface area contributed by atoms with Crippen LogP contribution in [0.15, 0.2) is 36.5 Å². The van der Waals surface area contributed by atoms with Crippen molar-refractivity contribution in [3.05, 3.63) is 47.7 Å². The Labute approximate surface area is 266 Å². The standard InChI is InChI=1S/C34H46N6O5/c1-9-43-26-15-13-25(14-16-26)39(32(42)45-34(6,7)8)30-23(2)29(27(22-35)28-18-20-37-40(28)30)36-19-17-24-12-10-11-21-38(24)31(41)44-33(3,4)5/h13-16,18,20,24,36H,9-12,17,19,21H2,1-8H3. The lowest BCUT2D eigenvalue weighted by Gasteiger charge is -2.37. The van der Waals surface area contributed by atoms with Crippen LogP contribution in [0.4, 0.5) is 26.8 Å². The zero-order chi connectivity index (χ0) is 32.9. The van der Waals surface area contributed by atoms with Crippen LogP contribution >= 0.6 is 0 Å². The molecule has 11 heteroatoms. The second-order valence-electron chi connectivity index (χ2n) is 13.2. The highest BCUT2D eigenvalue weighted by atomic mass is 16.6. The second-order valence-corrected chi connectivity index (χ2v) is 13.2. The molecule has 3 heterocycles. The third-order valence-electron chi connectivity index (χ3n) is 7.40. The van der Waals surface area contributed by atoms with E-state index in [0.29, 0.717) is 65.7 Å². The number of fused-ring (bicyclic) bond motifs is 1. The fourth-order valence-electron chi connectivity index (χ4n) is 5.55. The largest absolute Gasteiger partial charge is 0.494 e. The summed E-state index contributed by atoms with van der Waals surface area (Å²) in [4.78, 5) is 30.2. The van der Waals surface area contributed by atoms with E-state index >= 15 is 0 Å². The first-order chi connectivity index (χ1) is 21.2. The first kappa shape index (κ1) is 33.4. The molecule has 0 radical (unpaired) electrons. The highest BCUT2D eigenvalue weighted by Crippen LogP contribution is 2.38. The number of hydrogen-bond donors (Lipinski definition) is 1. The van der Waals surface area contributed by atoms with Crippen molar-refractivity contribution in [1.29, 1.82) is 5.26 Å². The summed E-state index contributed by atoms with van der Waals surface area (Å²) in [7, 11) is 0. The highest BCUT2D eigenvalue weighted by molar-refractivity contribution is 5.98. The van der Waals surface area contributed by atoms with Crippen LogP contribution in [0.2, 0.25) is 0 Å². The van der Waals surface area contributed by atoms with Gasteiger partial charge < -0.3 is 24.4 Å². The summed E-state index contributed by atoms with van der Waals surface area (Å²) in [5.74, 6) is 1.12. The SMILES string of the molecule is CCOc1ccc(N(C(=O)OC(C)(C)C)c2c(C)c(NCCC3CCCCN3C(=O)OC(C)(C)C)c(C#N)c3ccnn23)cc1. The maximum absolute atomic E-state index is 13.9. The topological polar surface area (TPSA) is 121 Å². The minimum absolute atomic E-state index is 0.00669. The number of nitrogens with zero attached hydrogens (tertiary/aromatic N) is 5. The molecular weight excluding hydrogens is 572 g/mol. The van der Waals surface area contributed by atoms with Gasteiger partial charge in [-0.3, -0.25) is 0 Å². The number of pyridine rings is 1. The van der Waals surface area contributed by atoms with E-state index in [-0.39, 0.29) is 12.1 Å². The van der Waals surface area contributed by atoms with Crippen molar-refractivity contribution in [3.8, 4) is 11.8 Å². The van der Waals surface area contributed by atoms with E-state index in [1.807, 2.05) is 60.3 Å². The molecule has 0 aliphatic carbocycles. The molecule has 0 spiro atoms. The fraction of sp³-hybridized carbons (Fsp3) is 0.529. The van der Waals surface area contributed by atoms with Crippen molar-refractivity contribution in [2.75, 3.05) is 29.9 Å². The summed E-state index contributed by atoms with van der Waals surface area (Å²) in [6.07, 6.45) is 4.24. The van der Waals surface area contributed by atoms with E-state index in [2.05, 4.69) is 16.5 Å². The van der Waals surface area contributed by atoms with Crippen molar-refractivity contribution in [3.63, 3.8) is 0 Å². The minimum atomic E-state index is -0.759. The molecule has 1 unspecified atom stereocenters. The lowest BCUT2D eigenvalue weighted by molar-refractivity contribution is 0.00927. The maximum atomic E-state index is 13.9. The van der Waals surface area contributed by atoms with Crippen LogP contribution in [0.1, 0.15) is 85.3 Å². The number of piperidine rings is 1. The lowest BCUT2D eigenvalue weighted by atomic mass is 9.99. The zero-order valence-electron chi connectivity index (χ0n) is 27.8. The van der Waals surface area contributed by atoms with Gasteiger partial charge in [0.05, 0.1) is 29.7 Å². The van der Waals surface area contributed by atoms with Gasteiger partial charge in [-0.25, -0.2) is 19.0 Å². The van der Waals surface area contributed by atoms with Crippen LogP contribution in [-0.2, 0) is 9.47 Å². The number of nitrogens with one attached hydrogen (secondary N) is 1. The van der Waals surface area contributed by atoms with Gasteiger partial charge in [0.15, 0.2) is 0 Å².